The largest absolute Gasteiger partial charge is 0.382 e. The minimum Gasteiger partial charge on any atom is -0.382 e. The van der Waals surface area contributed by atoms with Crippen molar-refractivity contribution in [3.8, 4) is 0 Å². The second-order valence-corrected chi connectivity index (χ2v) is 7.60. The third kappa shape index (κ3) is 3.44. The molecule has 0 bridgehead atoms. The van der Waals surface area contributed by atoms with E-state index in [4.69, 9.17) is 10.5 Å². The molecule has 20 heavy (non-hydrogen) atoms. The van der Waals surface area contributed by atoms with Crippen LogP contribution in [0.3, 0.4) is 0 Å². The molecule has 2 aromatic heterocycles. The van der Waals surface area contributed by atoms with Crippen molar-refractivity contribution in [2.24, 2.45) is 0 Å². The highest BCUT2D eigenvalue weighted by Gasteiger charge is 2.12. The summed E-state index contributed by atoms with van der Waals surface area (Å²) in [5, 5.41) is 0. The summed E-state index contributed by atoms with van der Waals surface area (Å²) in [6, 6.07) is 0. The Hall–Kier alpha value is -1.26. The number of aromatic nitrogens is 4. The highest BCUT2D eigenvalue weighted by Crippen LogP contribution is 2.34. The summed E-state index contributed by atoms with van der Waals surface area (Å²) >= 11 is 0. The van der Waals surface area contributed by atoms with Gasteiger partial charge in [-0.25, -0.2) is 15.0 Å². The average Bonchev–Trinajstić information content (AvgIpc) is 2.85. The molecule has 6 nitrogen and oxygen atoms in total. The van der Waals surface area contributed by atoms with Crippen LogP contribution in [0.5, 0.6) is 0 Å². The summed E-state index contributed by atoms with van der Waals surface area (Å²) in [5.74, 6) is 0.419. The predicted molar refractivity (Wildman–Crippen MR) is 83.2 cm³/mol. The van der Waals surface area contributed by atoms with Crippen molar-refractivity contribution in [1.29, 1.82) is 0 Å². The Balaban J connectivity index is 1.99. The zero-order valence-electron chi connectivity index (χ0n) is 12.3. The topological polar surface area (TPSA) is 78.9 Å². The minimum atomic E-state index is 0.0156. The highest BCUT2D eigenvalue weighted by molar-refractivity contribution is 7.57. The number of nitrogens with zero attached hydrogens (tertiary/aromatic N) is 4. The molecular formula is C13H22N5OP. The van der Waals surface area contributed by atoms with Crippen LogP contribution in [-0.2, 0) is 11.3 Å². The lowest BCUT2D eigenvalue weighted by atomic mass is 10.4. The Labute approximate surface area is 120 Å². The molecule has 0 aliphatic heterocycles. The van der Waals surface area contributed by atoms with Crippen LogP contribution in [0.1, 0.15) is 20.8 Å². The molecule has 1 atom stereocenters. The fourth-order valence-corrected chi connectivity index (χ4v) is 3.28. The van der Waals surface area contributed by atoms with Crippen LogP contribution in [0.2, 0.25) is 0 Å². The van der Waals surface area contributed by atoms with Crippen LogP contribution in [0.25, 0.3) is 11.2 Å². The van der Waals surface area contributed by atoms with E-state index in [2.05, 4.69) is 35.7 Å². The molecule has 2 aromatic rings. The highest BCUT2D eigenvalue weighted by atomic mass is 31.1. The van der Waals surface area contributed by atoms with Gasteiger partial charge in [-0.1, -0.05) is 21.8 Å². The molecule has 0 aliphatic rings. The Morgan fingerprint density at radius 1 is 1.30 bits per heavy atom. The molecule has 2 heterocycles. The number of hydrogen-bond donors (Lipinski definition) is 1. The number of rotatable bonds is 7. The van der Waals surface area contributed by atoms with E-state index in [0.29, 0.717) is 11.3 Å². The zero-order chi connectivity index (χ0) is 14.5. The number of hydrogen-bond acceptors (Lipinski definition) is 5. The first kappa shape index (κ1) is 15.1. The van der Waals surface area contributed by atoms with Gasteiger partial charge in [0.25, 0.3) is 0 Å². The third-order valence-corrected chi connectivity index (χ3v) is 5.62. The molecule has 0 aromatic carbocycles. The normalized spacial score (nSPS) is 13.2. The fraction of sp³-hybridized carbons (Fsp3) is 0.615. The summed E-state index contributed by atoms with van der Waals surface area (Å²) in [5.41, 5.74) is 7.20. The Morgan fingerprint density at radius 3 is 2.75 bits per heavy atom. The summed E-state index contributed by atoms with van der Waals surface area (Å²) in [6.45, 7) is 7.26. The van der Waals surface area contributed by atoms with E-state index in [0.717, 1.165) is 18.5 Å². The van der Waals surface area contributed by atoms with Gasteiger partial charge in [0, 0.05) is 0 Å². The van der Waals surface area contributed by atoms with Crippen LogP contribution >= 0.6 is 7.92 Å². The van der Waals surface area contributed by atoms with E-state index in [1.54, 1.807) is 6.33 Å². The van der Waals surface area contributed by atoms with Gasteiger partial charge in [-0.15, -0.1) is 0 Å². The number of nitrogens with two attached hydrogens (primary N) is 1. The van der Waals surface area contributed by atoms with Crippen LogP contribution in [-0.4, -0.2) is 44.3 Å². The molecule has 0 aliphatic carbocycles. The number of fused-ring (bicyclic) bond motifs is 1. The molecule has 0 spiro atoms. The first-order valence-electron chi connectivity index (χ1n) is 6.90. The third-order valence-electron chi connectivity index (χ3n) is 3.32. The summed E-state index contributed by atoms with van der Waals surface area (Å²) in [6.07, 6.45) is 6.65. The maximum absolute atomic E-state index is 5.94. The molecule has 0 radical (unpaired) electrons. The number of imidazole rings is 1. The Bertz CT molecular complexity index is 555. The van der Waals surface area contributed by atoms with E-state index in [9.17, 15) is 0 Å². The quantitative estimate of drug-likeness (QED) is 0.793. The van der Waals surface area contributed by atoms with Crippen molar-refractivity contribution in [1.82, 2.24) is 19.5 Å². The molecule has 110 valence electrons. The number of nitrogen functional groups attached to an aromatic ring is 1. The number of ether oxygens (including phenoxy) is 1. The van der Waals surface area contributed by atoms with Crippen molar-refractivity contribution < 1.29 is 4.74 Å². The summed E-state index contributed by atoms with van der Waals surface area (Å²) < 4.78 is 7.91. The zero-order valence-corrected chi connectivity index (χ0v) is 13.2. The molecule has 0 saturated heterocycles. The fourth-order valence-electron chi connectivity index (χ4n) is 2.00. The predicted octanol–water partition coefficient (Wildman–Crippen LogP) is 2.29. The van der Waals surface area contributed by atoms with Crippen LogP contribution in [0, 0.1) is 0 Å². The number of anilines is 1. The van der Waals surface area contributed by atoms with Gasteiger partial charge >= 0.3 is 0 Å². The summed E-state index contributed by atoms with van der Waals surface area (Å²) in [7, 11) is 0.0156. The molecule has 0 fully saturated rings. The SMILES string of the molecule is CCP(CC)COC(C)Cn1cnc2c(N)ncnc21. The lowest BCUT2D eigenvalue weighted by molar-refractivity contribution is 0.0892. The molecule has 2 N–H and O–H groups in total. The van der Waals surface area contributed by atoms with E-state index in [1.165, 1.54) is 18.7 Å². The van der Waals surface area contributed by atoms with Crippen LogP contribution < -0.4 is 5.73 Å². The van der Waals surface area contributed by atoms with Crippen LogP contribution in [0.15, 0.2) is 12.7 Å². The van der Waals surface area contributed by atoms with Crippen molar-refractivity contribution in [2.75, 3.05) is 24.4 Å². The average molecular weight is 295 g/mol. The summed E-state index contributed by atoms with van der Waals surface area (Å²) in [4.78, 5) is 12.4. The molecule has 0 amide bonds. The molecular weight excluding hydrogens is 273 g/mol. The monoisotopic (exact) mass is 295 g/mol. The standard InChI is InChI=1S/C13H22N5OP/c1-4-20(5-2)9-19-10(3)6-18-8-17-11-12(14)15-7-16-13(11)18/h7-8,10H,4-6,9H2,1-3H3,(H2,14,15,16). The van der Waals surface area contributed by atoms with Gasteiger partial charge in [-0.3, -0.25) is 0 Å². The van der Waals surface area contributed by atoms with Crippen molar-refractivity contribution >= 4 is 24.9 Å². The molecule has 2 rings (SSSR count). The van der Waals surface area contributed by atoms with Crippen molar-refractivity contribution in [2.45, 2.75) is 33.4 Å². The smallest absolute Gasteiger partial charge is 0.165 e. The lowest BCUT2D eigenvalue weighted by Gasteiger charge is -2.18. The second-order valence-electron chi connectivity index (χ2n) is 4.74. The van der Waals surface area contributed by atoms with E-state index in [-0.39, 0.29) is 14.0 Å². The van der Waals surface area contributed by atoms with Gasteiger partial charge in [-0.2, -0.15) is 0 Å². The van der Waals surface area contributed by atoms with Crippen molar-refractivity contribution in [3.05, 3.63) is 12.7 Å². The van der Waals surface area contributed by atoms with Gasteiger partial charge in [0.1, 0.15) is 11.8 Å². The van der Waals surface area contributed by atoms with Gasteiger partial charge in [0.15, 0.2) is 11.5 Å². The molecule has 7 heteroatoms. The van der Waals surface area contributed by atoms with E-state index >= 15 is 0 Å². The van der Waals surface area contributed by atoms with Crippen molar-refractivity contribution in [3.63, 3.8) is 0 Å². The van der Waals surface area contributed by atoms with Crippen LogP contribution in [0.4, 0.5) is 5.82 Å². The van der Waals surface area contributed by atoms with E-state index in [1.807, 2.05) is 4.57 Å². The molecule has 0 saturated carbocycles. The van der Waals surface area contributed by atoms with E-state index < -0.39 is 0 Å². The maximum atomic E-state index is 5.94. The Morgan fingerprint density at radius 2 is 2.05 bits per heavy atom. The van der Waals surface area contributed by atoms with Gasteiger partial charge < -0.3 is 15.0 Å². The first-order valence-corrected chi connectivity index (χ1v) is 8.80. The van der Waals surface area contributed by atoms with Gasteiger partial charge in [0.2, 0.25) is 0 Å². The minimum absolute atomic E-state index is 0.0156. The first-order chi connectivity index (χ1) is 9.65. The lowest BCUT2D eigenvalue weighted by Crippen LogP contribution is -2.17. The van der Waals surface area contributed by atoms with Gasteiger partial charge in [-0.05, 0) is 19.2 Å². The van der Waals surface area contributed by atoms with Gasteiger partial charge in [0.05, 0.1) is 25.3 Å². The maximum Gasteiger partial charge on any atom is 0.165 e. The Kier molecular flexibility index (Phi) is 5.26. The second kappa shape index (κ2) is 6.95. The molecule has 1 unspecified atom stereocenters.